The van der Waals surface area contributed by atoms with Crippen LogP contribution in [0.4, 0.5) is 0 Å². The monoisotopic (exact) mass is 329 g/mol. The Morgan fingerprint density at radius 2 is 2.13 bits per heavy atom. The van der Waals surface area contributed by atoms with E-state index in [1.165, 1.54) is 6.07 Å². The van der Waals surface area contributed by atoms with E-state index in [2.05, 4.69) is 0 Å². The molecule has 116 valence electrons. The lowest BCUT2D eigenvalue weighted by Gasteiger charge is -2.26. The Bertz CT molecular complexity index is 941. The van der Waals surface area contributed by atoms with Gasteiger partial charge in [0, 0.05) is 11.1 Å². The molecule has 1 aliphatic heterocycles. The molecule has 3 N–H and O–H groups in total. The largest absolute Gasteiger partial charge is 0.440 e. The van der Waals surface area contributed by atoms with E-state index in [-0.39, 0.29) is 22.8 Å². The van der Waals surface area contributed by atoms with Gasteiger partial charge in [0.1, 0.15) is 17.4 Å². The summed E-state index contributed by atoms with van der Waals surface area (Å²) >= 11 is 6.23. The van der Waals surface area contributed by atoms with Crippen LogP contribution in [0.3, 0.4) is 0 Å². The molecule has 2 heterocycles. The lowest BCUT2D eigenvalue weighted by molar-refractivity contribution is 0.165. The van der Waals surface area contributed by atoms with Crippen molar-refractivity contribution in [2.75, 3.05) is 0 Å². The molecule has 7 heteroatoms. The van der Waals surface area contributed by atoms with Gasteiger partial charge in [-0.2, -0.15) is 9.99 Å². The average molecular weight is 330 g/mol. The average Bonchev–Trinajstić information content (AvgIpc) is 2.52. The van der Waals surface area contributed by atoms with Gasteiger partial charge < -0.3 is 15.7 Å². The van der Waals surface area contributed by atoms with Crippen LogP contribution in [0, 0.1) is 18.3 Å². The number of nitrogens with zero attached hydrogens (tertiary/aromatic N) is 2. The maximum atomic E-state index is 12.5. The summed E-state index contributed by atoms with van der Waals surface area (Å²) in [6.45, 7) is 1.55. The number of hydrogen-bond donors (Lipinski definition) is 2. The molecule has 6 nitrogen and oxygen atoms in total. The van der Waals surface area contributed by atoms with Gasteiger partial charge in [-0.15, -0.1) is 0 Å². The summed E-state index contributed by atoms with van der Waals surface area (Å²) in [5.41, 5.74) is 6.20. The molecule has 1 aromatic heterocycles. The molecule has 2 aromatic rings. The van der Waals surface area contributed by atoms with Crippen molar-refractivity contribution >= 4 is 11.6 Å². The Kier molecular flexibility index (Phi) is 3.51. The fraction of sp³-hybridized carbons (Fsp3) is 0.125. The number of aromatic nitrogens is 1. The van der Waals surface area contributed by atoms with E-state index >= 15 is 0 Å². The van der Waals surface area contributed by atoms with Gasteiger partial charge in [0.15, 0.2) is 0 Å². The summed E-state index contributed by atoms with van der Waals surface area (Å²) in [6.07, 6.45) is 0. The minimum Gasteiger partial charge on any atom is -0.440 e. The van der Waals surface area contributed by atoms with Crippen LogP contribution >= 0.6 is 11.6 Å². The van der Waals surface area contributed by atoms with E-state index in [1.54, 1.807) is 31.2 Å². The fourth-order valence-corrected chi connectivity index (χ4v) is 2.90. The first-order valence-corrected chi connectivity index (χ1v) is 7.11. The number of nitriles is 1. The van der Waals surface area contributed by atoms with Gasteiger partial charge >= 0.3 is 0 Å². The summed E-state index contributed by atoms with van der Waals surface area (Å²) in [6, 6.07) is 10.3. The highest BCUT2D eigenvalue weighted by molar-refractivity contribution is 6.31. The number of aryl methyl sites for hydroxylation is 1. The molecule has 1 aliphatic rings. The normalized spacial score (nSPS) is 16.5. The van der Waals surface area contributed by atoms with E-state index in [4.69, 9.17) is 22.1 Å². The molecule has 0 radical (unpaired) electrons. The Morgan fingerprint density at radius 1 is 1.43 bits per heavy atom. The van der Waals surface area contributed by atoms with E-state index < -0.39 is 11.5 Å². The highest BCUT2D eigenvalue weighted by Crippen LogP contribution is 2.42. The van der Waals surface area contributed by atoms with Crippen LogP contribution in [-0.4, -0.2) is 9.94 Å². The molecule has 23 heavy (non-hydrogen) atoms. The molecule has 0 amide bonds. The van der Waals surface area contributed by atoms with Crippen LogP contribution in [0.15, 0.2) is 46.6 Å². The van der Waals surface area contributed by atoms with Crippen LogP contribution in [-0.2, 0) is 0 Å². The van der Waals surface area contributed by atoms with Crippen LogP contribution in [0.1, 0.15) is 22.7 Å². The predicted molar refractivity (Wildman–Crippen MR) is 83.4 cm³/mol. The second kappa shape index (κ2) is 5.38. The number of nitrogens with two attached hydrogens (primary N) is 1. The van der Waals surface area contributed by atoms with Crippen LogP contribution in [0.2, 0.25) is 5.02 Å². The summed E-state index contributed by atoms with van der Waals surface area (Å²) in [4.78, 5) is 12.5. The zero-order valence-electron chi connectivity index (χ0n) is 12.1. The standard InChI is InChI=1S/C16H12ClN3O3/c1-8-6-12-14(16(21)20(8)22)13(10(7-18)15(19)23-12)9-4-2-3-5-11(9)17/h2-6,13,22H,19H2,1H3. The van der Waals surface area contributed by atoms with E-state index in [1.807, 2.05) is 6.07 Å². The lowest BCUT2D eigenvalue weighted by atomic mass is 9.84. The minimum absolute atomic E-state index is 0.0755. The number of ether oxygens (including phenoxy) is 1. The predicted octanol–water partition coefficient (Wildman–Crippen LogP) is 2.27. The zero-order valence-corrected chi connectivity index (χ0v) is 12.8. The van der Waals surface area contributed by atoms with Crippen LogP contribution in [0.25, 0.3) is 0 Å². The van der Waals surface area contributed by atoms with Gasteiger partial charge in [-0.1, -0.05) is 29.8 Å². The van der Waals surface area contributed by atoms with Crippen molar-refractivity contribution in [2.45, 2.75) is 12.8 Å². The smallest absolute Gasteiger partial charge is 0.291 e. The molecule has 3 rings (SSSR count). The SMILES string of the molecule is Cc1cc2c(c(=O)n1O)C(c1ccccc1Cl)C(C#N)=C(N)O2. The lowest BCUT2D eigenvalue weighted by Crippen LogP contribution is -2.32. The zero-order chi connectivity index (χ0) is 16.7. The highest BCUT2D eigenvalue weighted by atomic mass is 35.5. The molecule has 0 bridgehead atoms. The highest BCUT2D eigenvalue weighted by Gasteiger charge is 2.35. The number of pyridine rings is 1. The summed E-state index contributed by atoms with van der Waals surface area (Å²) < 4.78 is 5.93. The Balaban J connectivity index is 2.39. The molecule has 1 aromatic carbocycles. The second-order valence-corrected chi connectivity index (χ2v) is 5.53. The maximum absolute atomic E-state index is 12.5. The Morgan fingerprint density at radius 3 is 2.78 bits per heavy atom. The third kappa shape index (κ3) is 2.22. The summed E-state index contributed by atoms with van der Waals surface area (Å²) in [5.74, 6) is -0.678. The minimum atomic E-state index is -0.802. The van der Waals surface area contributed by atoms with E-state index in [9.17, 15) is 15.3 Å². The van der Waals surface area contributed by atoms with Crippen molar-refractivity contribution in [3.63, 3.8) is 0 Å². The van der Waals surface area contributed by atoms with Crippen LogP contribution < -0.4 is 16.0 Å². The Labute approximate surface area is 136 Å². The summed E-state index contributed by atoms with van der Waals surface area (Å²) in [5, 5.41) is 19.7. The third-order valence-electron chi connectivity index (χ3n) is 3.76. The second-order valence-electron chi connectivity index (χ2n) is 5.13. The molecule has 1 unspecified atom stereocenters. The molecule has 0 saturated carbocycles. The van der Waals surface area contributed by atoms with Crippen molar-refractivity contribution in [3.05, 3.63) is 74.0 Å². The van der Waals surface area contributed by atoms with Crippen molar-refractivity contribution in [2.24, 2.45) is 5.73 Å². The number of hydrogen-bond acceptors (Lipinski definition) is 5. The molecule has 0 saturated heterocycles. The first kappa shape index (κ1) is 15.0. The molecule has 1 atom stereocenters. The number of fused-ring (bicyclic) bond motifs is 1. The van der Waals surface area contributed by atoms with Gasteiger partial charge in [0.25, 0.3) is 5.56 Å². The number of halogens is 1. The number of allylic oxidation sites excluding steroid dienone is 1. The first-order valence-electron chi connectivity index (χ1n) is 6.73. The van der Waals surface area contributed by atoms with Crippen molar-refractivity contribution in [1.82, 2.24) is 4.73 Å². The Hall–Kier alpha value is -2.91. The molecular formula is C16H12ClN3O3. The molecular weight excluding hydrogens is 318 g/mol. The molecule has 0 fully saturated rings. The quantitative estimate of drug-likeness (QED) is 0.781. The number of rotatable bonds is 1. The van der Waals surface area contributed by atoms with Gasteiger partial charge in [0.2, 0.25) is 5.88 Å². The van der Waals surface area contributed by atoms with E-state index in [0.717, 1.165) is 0 Å². The summed E-state index contributed by atoms with van der Waals surface area (Å²) in [7, 11) is 0. The van der Waals surface area contributed by atoms with Crippen LogP contribution in [0.5, 0.6) is 5.75 Å². The van der Waals surface area contributed by atoms with E-state index in [0.29, 0.717) is 21.0 Å². The number of benzene rings is 1. The van der Waals surface area contributed by atoms with Gasteiger partial charge in [-0.3, -0.25) is 4.79 Å². The molecule has 0 spiro atoms. The first-order chi connectivity index (χ1) is 11.0. The van der Waals surface area contributed by atoms with Gasteiger partial charge in [0.05, 0.1) is 17.2 Å². The third-order valence-corrected chi connectivity index (χ3v) is 4.11. The molecule has 0 aliphatic carbocycles. The van der Waals surface area contributed by atoms with Gasteiger partial charge in [-0.25, -0.2) is 0 Å². The van der Waals surface area contributed by atoms with Crippen molar-refractivity contribution in [3.8, 4) is 11.8 Å². The van der Waals surface area contributed by atoms with Crippen molar-refractivity contribution in [1.29, 1.82) is 5.26 Å². The topological polar surface area (TPSA) is 101 Å². The van der Waals surface area contributed by atoms with Crippen molar-refractivity contribution < 1.29 is 9.94 Å². The fourth-order valence-electron chi connectivity index (χ4n) is 2.66. The van der Waals surface area contributed by atoms with Gasteiger partial charge in [-0.05, 0) is 18.6 Å². The maximum Gasteiger partial charge on any atom is 0.291 e.